The third kappa shape index (κ3) is 3.64. The summed E-state index contributed by atoms with van der Waals surface area (Å²) in [6.45, 7) is 5.30. The first-order chi connectivity index (χ1) is 6.59. The van der Waals surface area contributed by atoms with E-state index in [0.717, 1.165) is 26.0 Å². The lowest BCUT2D eigenvalue weighted by Gasteiger charge is -2.27. The van der Waals surface area contributed by atoms with Crippen LogP contribution in [-0.4, -0.2) is 31.2 Å². The molecule has 1 heterocycles. The van der Waals surface area contributed by atoms with Crippen molar-refractivity contribution in [2.45, 2.75) is 38.8 Å². The summed E-state index contributed by atoms with van der Waals surface area (Å²) in [6.07, 6.45) is 2.38. The molecule has 0 aromatic rings. The number of hydrogen-bond donors (Lipinski definition) is 2. The van der Waals surface area contributed by atoms with Crippen molar-refractivity contribution in [1.82, 2.24) is 5.32 Å². The molecule has 0 bridgehead atoms. The first-order valence-electron chi connectivity index (χ1n) is 5.24. The Kier molecular flexibility index (Phi) is 4.35. The average Bonchev–Trinajstić information content (AvgIpc) is 2.14. The second-order valence-electron chi connectivity index (χ2n) is 4.11. The second-order valence-corrected chi connectivity index (χ2v) is 4.11. The maximum Gasteiger partial charge on any atom is 0.236 e. The minimum atomic E-state index is -0.410. The number of hydrogen-bond acceptors (Lipinski definition) is 3. The smallest absolute Gasteiger partial charge is 0.236 e. The van der Waals surface area contributed by atoms with Crippen LogP contribution in [0.15, 0.2) is 0 Å². The zero-order valence-corrected chi connectivity index (χ0v) is 8.95. The van der Waals surface area contributed by atoms with Crippen LogP contribution in [0.1, 0.15) is 26.7 Å². The van der Waals surface area contributed by atoms with E-state index >= 15 is 0 Å². The largest absolute Gasteiger partial charge is 0.378 e. The predicted octanol–water partition coefficient (Wildman–Crippen LogP) is 0.265. The molecule has 0 aromatic heterocycles. The second kappa shape index (κ2) is 5.32. The Morgan fingerprint density at radius 2 is 2.43 bits per heavy atom. The molecule has 3 atom stereocenters. The molecular weight excluding hydrogens is 180 g/mol. The van der Waals surface area contributed by atoms with Gasteiger partial charge < -0.3 is 15.8 Å². The summed E-state index contributed by atoms with van der Waals surface area (Å²) < 4.78 is 5.42. The monoisotopic (exact) mass is 200 g/mol. The van der Waals surface area contributed by atoms with Gasteiger partial charge in [-0.25, -0.2) is 0 Å². The molecule has 1 saturated heterocycles. The SMILES string of the molecule is CC1CC(CNC(=O)[C@@H](C)N)CCO1. The molecule has 0 spiro atoms. The van der Waals surface area contributed by atoms with Crippen LogP contribution in [-0.2, 0) is 9.53 Å². The zero-order chi connectivity index (χ0) is 10.6. The minimum Gasteiger partial charge on any atom is -0.378 e. The Hall–Kier alpha value is -0.610. The first-order valence-corrected chi connectivity index (χ1v) is 5.24. The van der Waals surface area contributed by atoms with E-state index in [-0.39, 0.29) is 5.91 Å². The summed E-state index contributed by atoms with van der Waals surface area (Å²) in [7, 11) is 0. The van der Waals surface area contributed by atoms with Crippen LogP contribution in [0.5, 0.6) is 0 Å². The van der Waals surface area contributed by atoms with E-state index in [9.17, 15) is 4.79 Å². The van der Waals surface area contributed by atoms with Crippen molar-refractivity contribution in [3.05, 3.63) is 0 Å². The van der Waals surface area contributed by atoms with Crippen LogP contribution in [0, 0.1) is 5.92 Å². The summed E-state index contributed by atoms with van der Waals surface area (Å²) in [5.74, 6) is 0.477. The Morgan fingerprint density at radius 3 is 3.00 bits per heavy atom. The molecule has 0 radical (unpaired) electrons. The van der Waals surface area contributed by atoms with Gasteiger partial charge in [-0.2, -0.15) is 0 Å². The van der Waals surface area contributed by atoms with Crippen molar-refractivity contribution in [3.63, 3.8) is 0 Å². The van der Waals surface area contributed by atoms with E-state index in [4.69, 9.17) is 10.5 Å². The molecule has 82 valence electrons. The molecule has 4 nitrogen and oxygen atoms in total. The van der Waals surface area contributed by atoms with Crippen LogP contribution in [0.4, 0.5) is 0 Å². The number of amides is 1. The highest BCUT2D eigenvalue weighted by atomic mass is 16.5. The molecule has 1 fully saturated rings. The number of nitrogens with two attached hydrogens (primary N) is 1. The molecule has 1 aliphatic heterocycles. The molecule has 4 heteroatoms. The fourth-order valence-electron chi connectivity index (χ4n) is 1.68. The van der Waals surface area contributed by atoms with Gasteiger partial charge in [-0.05, 0) is 32.6 Å². The van der Waals surface area contributed by atoms with E-state index in [1.165, 1.54) is 0 Å². The van der Waals surface area contributed by atoms with Crippen molar-refractivity contribution in [2.75, 3.05) is 13.2 Å². The number of carbonyl (C=O) groups is 1. The molecule has 0 saturated carbocycles. The Bertz CT molecular complexity index is 195. The van der Waals surface area contributed by atoms with Gasteiger partial charge in [0.25, 0.3) is 0 Å². The molecule has 1 aliphatic rings. The van der Waals surface area contributed by atoms with Crippen molar-refractivity contribution in [1.29, 1.82) is 0 Å². The average molecular weight is 200 g/mol. The van der Waals surface area contributed by atoms with Gasteiger partial charge in [-0.1, -0.05) is 0 Å². The van der Waals surface area contributed by atoms with Gasteiger partial charge in [0.1, 0.15) is 0 Å². The summed E-state index contributed by atoms with van der Waals surface area (Å²) in [5, 5.41) is 2.85. The first kappa shape index (κ1) is 11.5. The van der Waals surface area contributed by atoms with Gasteiger partial charge in [-0.3, -0.25) is 4.79 Å². The van der Waals surface area contributed by atoms with Crippen molar-refractivity contribution >= 4 is 5.91 Å². The third-order valence-electron chi connectivity index (χ3n) is 2.57. The van der Waals surface area contributed by atoms with Crippen molar-refractivity contribution in [3.8, 4) is 0 Å². The van der Waals surface area contributed by atoms with Crippen LogP contribution in [0.25, 0.3) is 0 Å². The quantitative estimate of drug-likeness (QED) is 0.687. The predicted molar refractivity (Wildman–Crippen MR) is 54.8 cm³/mol. The fourth-order valence-corrected chi connectivity index (χ4v) is 1.68. The molecule has 0 aromatic carbocycles. The third-order valence-corrected chi connectivity index (χ3v) is 2.57. The Balaban J connectivity index is 2.20. The molecular formula is C10H20N2O2. The number of ether oxygens (including phenoxy) is 1. The van der Waals surface area contributed by atoms with E-state index in [0.29, 0.717) is 12.0 Å². The molecule has 1 rings (SSSR count). The van der Waals surface area contributed by atoms with Crippen LogP contribution in [0.2, 0.25) is 0 Å². The maximum atomic E-state index is 11.2. The summed E-state index contributed by atoms with van der Waals surface area (Å²) in [4.78, 5) is 11.2. The van der Waals surface area contributed by atoms with Gasteiger partial charge in [0, 0.05) is 13.2 Å². The van der Waals surface area contributed by atoms with Gasteiger partial charge in [0.2, 0.25) is 5.91 Å². The summed E-state index contributed by atoms with van der Waals surface area (Å²) in [5.41, 5.74) is 5.44. The molecule has 1 amide bonds. The Labute approximate surface area is 85.2 Å². The lowest BCUT2D eigenvalue weighted by Crippen LogP contribution is -2.41. The standard InChI is InChI=1S/C10H20N2O2/c1-7-5-9(3-4-14-7)6-12-10(13)8(2)11/h7-9H,3-6,11H2,1-2H3,(H,12,13)/t7?,8-,9?/m1/s1. The van der Waals surface area contributed by atoms with Crippen LogP contribution >= 0.6 is 0 Å². The van der Waals surface area contributed by atoms with E-state index in [1.807, 2.05) is 0 Å². The normalized spacial score (nSPS) is 29.6. The summed E-state index contributed by atoms with van der Waals surface area (Å²) >= 11 is 0. The molecule has 14 heavy (non-hydrogen) atoms. The topological polar surface area (TPSA) is 64.4 Å². The van der Waals surface area contributed by atoms with Crippen molar-refractivity contribution < 1.29 is 9.53 Å². The number of carbonyl (C=O) groups excluding carboxylic acids is 1. The highest BCUT2D eigenvalue weighted by Crippen LogP contribution is 2.18. The van der Waals surface area contributed by atoms with Gasteiger partial charge in [0.15, 0.2) is 0 Å². The van der Waals surface area contributed by atoms with E-state index < -0.39 is 6.04 Å². The molecule has 2 unspecified atom stereocenters. The van der Waals surface area contributed by atoms with Gasteiger partial charge in [-0.15, -0.1) is 0 Å². The fraction of sp³-hybridized carbons (Fsp3) is 0.900. The highest BCUT2D eigenvalue weighted by molar-refractivity contribution is 5.80. The van der Waals surface area contributed by atoms with Crippen LogP contribution in [0.3, 0.4) is 0 Å². The lowest BCUT2D eigenvalue weighted by atomic mass is 9.96. The number of rotatable bonds is 3. The van der Waals surface area contributed by atoms with E-state index in [1.54, 1.807) is 6.92 Å². The molecule has 0 aliphatic carbocycles. The highest BCUT2D eigenvalue weighted by Gasteiger charge is 2.20. The van der Waals surface area contributed by atoms with E-state index in [2.05, 4.69) is 12.2 Å². The molecule has 3 N–H and O–H groups in total. The van der Waals surface area contributed by atoms with Gasteiger partial charge in [0.05, 0.1) is 12.1 Å². The summed E-state index contributed by atoms with van der Waals surface area (Å²) in [6, 6.07) is -0.410. The van der Waals surface area contributed by atoms with Gasteiger partial charge >= 0.3 is 0 Å². The van der Waals surface area contributed by atoms with Crippen LogP contribution < -0.4 is 11.1 Å². The number of nitrogens with one attached hydrogen (secondary N) is 1. The zero-order valence-electron chi connectivity index (χ0n) is 8.95. The maximum absolute atomic E-state index is 11.2. The minimum absolute atomic E-state index is 0.0656. The lowest BCUT2D eigenvalue weighted by molar-refractivity contribution is -0.122. The van der Waals surface area contributed by atoms with Crippen molar-refractivity contribution in [2.24, 2.45) is 11.7 Å². The Morgan fingerprint density at radius 1 is 1.71 bits per heavy atom.